The summed E-state index contributed by atoms with van der Waals surface area (Å²) in [6.07, 6.45) is 4.26. The number of nitrogens with zero attached hydrogens (tertiary/aromatic N) is 6. The molecule has 1 fully saturated rings. The lowest BCUT2D eigenvalue weighted by molar-refractivity contribution is -0.0216. The van der Waals surface area contributed by atoms with Crippen molar-refractivity contribution in [2.45, 2.75) is 32.3 Å². The van der Waals surface area contributed by atoms with E-state index in [1.54, 1.807) is 21.8 Å². The molecular weight excluding hydrogens is 332 g/mol. The summed E-state index contributed by atoms with van der Waals surface area (Å²) in [5.74, 6) is 0.327. The molecule has 1 N–H and O–H groups in total. The third-order valence-electron chi connectivity index (χ3n) is 4.89. The summed E-state index contributed by atoms with van der Waals surface area (Å²) in [5.41, 5.74) is 1.55. The fourth-order valence-electron chi connectivity index (χ4n) is 3.40. The summed E-state index contributed by atoms with van der Waals surface area (Å²) in [7, 11) is 0. The van der Waals surface area contributed by atoms with E-state index in [0.717, 1.165) is 17.0 Å². The first-order valence-electron chi connectivity index (χ1n) is 8.59. The Balaban J connectivity index is 1.53. The van der Waals surface area contributed by atoms with Crippen molar-refractivity contribution in [1.82, 2.24) is 29.5 Å². The fraction of sp³-hybridized carbons (Fsp3) is 0.389. The molecule has 26 heavy (non-hydrogen) atoms. The SMILES string of the molecule is Cc1cc(C)n2nc(C(=O)N3CCC(O)(c4cccnc4)CC3)nc2n1. The third-order valence-corrected chi connectivity index (χ3v) is 4.89. The molecule has 4 heterocycles. The number of hydrogen-bond acceptors (Lipinski definition) is 6. The number of aryl methyl sites for hydroxylation is 2. The molecule has 3 aromatic rings. The molecule has 0 spiro atoms. The number of fused-ring (bicyclic) bond motifs is 1. The van der Waals surface area contributed by atoms with Gasteiger partial charge in [-0.2, -0.15) is 4.98 Å². The maximum atomic E-state index is 12.8. The summed E-state index contributed by atoms with van der Waals surface area (Å²) in [4.78, 5) is 27.1. The van der Waals surface area contributed by atoms with Gasteiger partial charge in [0.2, 0.25) is 5.82 Å². The van der Waals surface area contributed by atoms with Crippen LogP contribution in [0.5, 0.6) is 0 Å². The van der Waals surface area contributed by atoms with Crippen LogP contribution in [0, 0.1) is 13.8 Å². The maximum Gasteiger partial charge on any atom is 0.293 e. The van der Waals surface area contributed by atoms with Gasteiger partial charge in [0.05, 0.1) is 5.60 Å². The Morgan fingerprint density at radius 2 is 2.00 bits per heavy atom. The largest absolute Gasteiger partial charge is 0.385 e. The smallest absolute Gasteiger partial charge is 0.293 e. The lowest BCUT2D eigenvalue weighted by atomic mass is 9.85. The normalized spacial score (nSPS) is 16.8. The van der Waals surface area contributed by atoms with Gasteiger partial charge < -0.3 is 10.0 Å². The highest BCUT2D eigenvalue weighted by Gasteiger charge is 2.36. The fourth-order valence-corrected chi connectivity index (χ4v) is 3.40. The van der Waals surface area contributed by atoms with Crippen LogP contribution in [0.25, 0.3) is 5.78 Å². The van der Waals surface area contributed by atoms with E-state index in [-0.39, 0.29) is 11.7 Å². The zero-order valence-electron chi connectivity index (χ0n) is 14.8. The molecule has 1 saturated heterocycles. The second kappa shape index (κ2) is 6.14. The third kappa shape index (κ3) is 2.82. The van der Waals surface area contributed by atoms with E-state index in [1.165, 1.54) is 0 Å². The highest BCUT2D eigenvalue weighted by molar-refractivity contribution is 5.91. The van der Waals surface area contributed by atoms with E-state index >= 15 is 0 Å². The Morgan fingerprint density at radius 1 is 1.23 bits per heavy atom. The number of carbonyl (C=O) groups is 1. The molecule has 0 atom stereocenters. The average molecular weight is 352 g/mol. The van der Waals surface area contributed by atoms with Crippen molar-refractivity contribution in [1.29, 1.82) is 0 Å². The number of pyridine rings is 1. The zero-order valence-corrected chi connectivity index (χ0v) is 14.8. The molecule has 0 radical (unpaired) electrons. The van der Waals surface area contributed by atoms with Gasteiger partial charge in [-0.3, -0.25) is 9.78 Å². The van der Waals surface area contributed by atoms with Crippen LogP contribution >= 0.6 is 0 Å². The van der Waals surface area contributed by atoms with E-state index < -0.39 is 5.60 Å². The average Bonchev–Trinajstić information content (AvgIpc) is 3.07. The summed E-state index contributed by atoms with van der Waals surface area (Å²) >= 11 is 0. The predicted octanol–water partition coefficient (Wildman–Crippen LogP) is 1.26. The second-order valence-electron chi connectivity index (χ2n) is 6.75. The number of aliphatic hydroxyl groups is 1. The molecule has 0 aromatic carbocycles. The summed E-state index contributed by atoms with van der Waals surface area (Å²) in [6, 6.07) is 5.57. The molecule has 0 bridgehead atoms. The quantitative estimate of drug-likeness (QED) is 0.746. The maximum absolute atomic E-state index is 12.8. The highest BCUT2D eigenvalue weighted by Crippen LogP contribution is 2.32. The van der Waals surface area contributed by atoms with E-state index in [2.05, 4.69) is 20.1 Å². The Kier molecular flexibility index (Phi) is 3.91. The van der Waals surface area contributed by atoms with Crippen molar-refractivity contribution < 1.29 is 9.90 Å². The van der Waals surface area contributed by atoms with Crippen LogP contribution in [-0.2, 0) is 5.60 Å². The number of amides is 1. The lowest BCUT2D eigenvalue weighted by Crippen LogP contribution is -2.45. The van der Waals surface area contributed by atoms with E-state index in [4.69, 9.17) is 0 Å². The predicted molar refractivity (Wildman–Crippen MR) is 93.5 cm³/mol. The first-order valence-corrected chi connectivity index (χ1v) is 8.59. The summed E-state index contributed by atoms with van der Waals surface area (Å²) in [5, 5.41) is 15.2. The molecular formula is C18H20N6O2. The number of aromatic nitrogens is 5. The number of piperidine rings is 1. The van der Waals surface area contributed by atoms with E-state index in [1.807, 2.05) is 32.0 Å². The van der Waals surface area contributed by atoms with Gasteiger partial charge in [-0.15, -0.1) is 5.10 Å². The summed E-state index contributed by atoms with van der Waals surface area (Å²) < 4.78 is 1.58. The molecule has 134 valence electrons. The summed E-state index contributed by atoms with van der Waals surface area (Å²) in [6.45, 7) is 4.66. The van der Waals surface area contributed by atoms with Crippen LogP contribution in [0.3, 0.4) is 0 Å². The van der Waals surface area contributed by atoms with Crippen molar-refractivity contribution in [2.24, 2.45) is 0 Å². The minimum absolute atomic E-state index is 0.137. The molecule has 8 nitrogen and oxygen atoms in total. The van der Waals surface area contributed by atoms with Gasteiger partial charge in [-0.05, 0) is 38.8 Å². The van der Waals surface area contributed by atoms with Crippen molar-refractivity contribution >= 4 is 11.7 Å². The molecule has 1 aliphatic heterocycles. The molecule has 1 amide bonds. The van der Waals surface area contributed by atoms with Gasteiger partial charge in [0.15, 0.2) is 0 Å². The van der Waals surface area contributed by atoms with Crippen molar-refractivity contribution in [3.8, 4) is 0 Å². The van der Waals surface area contributed by atoms with E-state index in [9.17, 15) is 9.90 Å². The Labute approximate surface area is 150 Å². The zero-order chi connectivity index (χ0) is 18.3. The van der Waals surface area contributed by atoms with Gasteiger partial charge >= 0.3 is 0 Å². The van der Waals surface area contributed by atoms with Crippen LogP contribution in [0.1, 0.15) is 40.4 Å². The first kappa shape index (κ1) is 16.6. The monoisotopic (exact) mass is 352 g/mol. The number of carbonyl (C=O) groups excluding carboxylic acids is 1. The molecule has 3 aromatic heterocycles. The number of likely N-dealkylation sites (tertiary alicyclic amines) is 1. The van der Waals surface area contributed by atoms with Gasteiger partial charge in [0, 0.05) is 42.4 Å². The van der Waals surface area contributed by atoms with Crippen molar-refractivity contribution in [2.75, 3.05) is 13.1 Å². The molecule has 4 rings (SSSR count). The first-order chi connectivity index (χ1) is 12.5. The minimum Gasteiger partial charge on any atom is -0.385 e. The Bertz CT molecular complexity index is 960. The number of hydrogen-bond donors (Lipinski definition) is 1. The lowest BCUT2D eigenvalue weighted by Gasteiger charge is -2.37. The van der Waals surface area contributed by atoms with Gasteiger partial charge in [-0.1, -0.05) is 6.07 Å². The molecule has 0 unspecified atom stereocenters. The standard InChI is InChI=1S/C18H20N6O2/c1-12-10-13(2)24-17(20-12)21-15(22-24)16(25)23-8-5-18(26,6-9-23)14-4-3-7-19-11-14/h3-4,7,10-11,26H,5-6,8-9H2,1-2H3. The molecule has 1 aliphatic rings. The van der Waals surface area contributed by atoms with Crippen molar-refractivity contribution in [3.63, 3.8) is 0 Å². The molecule has 0 saturated carbocycles. The van der Waals surface area contributed by atoms with Crippen LogP contribution < -0.4 is 0 Å². The van der Waals surface area contributed by atoms with Crippen LogP contribution in [0.2, 0.25) is 0 Å². The van der Waals surface area contributed by atoms with Gasteiger partial charge in [-0.25, -0.2) is 9.50 Å². The second-order valence-corrected chi connectivity index (χ2v) is 6.75. The van der Waals surface area contributed by atoms with Gasteiger partial charge in [0.1, 0.15) is 0 Å². The minimum atomic E-state index is -0.952. The molecule has 0 aliphatic carbocycles. The van der Waals surface area contributed by atoms with Crippen LogP contribution in [0.15, 0.2) is 30.6 Å². The van der Waals surface area contributed by atoms with Crippen LogP contribution in [0.4, 0.5) is 0 Å². The highest BCUT2D eigenvalue weighted by atomic mass is 16.3. The van der Waals surface area contributed by atoms with Crippen LogP contribution in [-0.4, -0.2) is 53.6 Å². The van der Waals surface area contributed by atoms with Crippen molar-refractivity contribution in [3.05, 3.63) is 53.4 Å². The topological polar surface area (TPSA) is 96.5 Å². The van der Waals surface area contributed by atoms with E-state index in [0.29, 0.717) is 31.7 Å². The molecule has 8 heteroatoms. The Hall–Kier alpha value is -2.87. The van der Waals surface area contributed by atoms with Gasteiger partial charge in [0.25, 0.3) is 11.7 Å². The number of rotatable bonds is 2. The Morgan fingerprint density at radius 3 is 2.69 bits per heavy atom.